The Morgan fingerprint density at radius 2 is 0.789 bits per heavy atom. The van der Waals surface area contributed by atoms with Crippen molar-refractivity contribution < 1.29 is 19.1 Å². The second kappa shape index (κ2) is 11.6. The Hall–Kier alpha value is -5.36. The van der Waals surface area contributed by atoms with Crippen LogP contribution in [-0.4, -0.2) is 11.8 Å². The smallest absolute Gasteiger partial charge is 0.255 e. The van der Waals surface area contributed by atoms with Gasteiger partial charge in [0, 0.05) is 22.5 Å². The molecule has 38 heavy (non-hydrogen) atoms. The second-order valence-electron chi connectivity index (χ2n) is 8.37. The first-order valence-corrected chi connectivity index (χ1v) is 12.0. The first-order chi connectivity index (χ1) is 18.6. The zero-order valence-electron chi connectivity index (χ0n) is 20.3. The number of hydrogen-bond donors (Lipinski definition) is 2. The summed E-state index contributed by atoms with van der Waals surface area (Å²) in [5.41, 5.74) is 1.97. The van der Waals surface area contributed by atoms with E-state index >= 15 is 0 Å². The van der Waals surface area contributed by atoms with E-state index in [1.54, 1.807) is 72.8 Å². The third-order valence-corrected chi connectivity index (χ3v) is 5.57. The molecule has 0 unspecified atom stereocenters. The van der Waals surface area contributed by atoms with Gasteiger partial charge in [-0.2, -0.15) is 0 Å². The summed E-state index contributed by atoms with van der Waals surface area (Å²) in [5, 5.41) is 5.70. The van der Waals surface area contributed by atoms with Crippen LogP contribution < -0.4 is 20.1 Å². The minimum absolute atomic E-state index is 0.321. The maximum atomic E-state index is 12.8. The van der Waals surface area contributed by atoms with E-state index in [9.17, 15) is 9.59 Å². The number of para-hydroxylation sites is 2. The van der Waals surface area contributed by atoms with Crippen LogP contribution >= 0.6 is 0 Å². The predicted molar refractivity (Wildman–Crippen MR) is 148 cm³/mol. The fourth-order valence-electron chi connectivity index (χ4n) is 3.67. The van der Waals surface area contributed by atoms with E-state index in [0.717, 1.165) is 11.5 Å². The molecule has 0 aliphatic heterocycles. The van der Waals surface area contributed by atoms with E-state index in [-0.39, 0.29) is 11.8 Å². The molecule has 5 rings (SSSR count). The lowest BCUT2D eigenvalue weighted by atomic mass is 10.1. The molecular weight excluding hydrogens is 476 g/mol. The Morgan fingerprint density at radius 1 is 0.421 bits per heavy atom. The molecule has 6 heteroatoms. The number of nitrogens with one attached hydrogen (secondary N) is 2. The van der Waals surface area contributed by atoms with Crippen LogP contribution in [0.5, 0.6) is 23.0 Å². The molecule has 0 aliphatic rings. The number of amides is 2. The van der Waals surface area contributed by atoms with E-state index in [1.807, 2.05) is 60.7 Å². The van der Waals surface area contributed by atoms with Gasteiger partial charge in [-0.05, 0) is 91.0 Å². The third-order valence-electron chi connectivity index (χ3n) is 5.57. The van der Waals surface area contributed by atoms with Gasteiger partial charge >= 0.3 is 0 Å². The minimum Gasteiger partial charge on any atom is -0.457 e. The van der Waals surface area contributed by atoms with Gasteiger partial charge in [-0.25, -0.2) is 0 Å². The van der Waals surface area contributed by atoms with Gasteiger partial charge in [0.15, 0.2) is 0 Å². The molecule has 0 atom stereocenters. The number of carbonyl (C=O) groups excluding carboxylic acids is 2. The van der Waals surface area contributed by atoms with Crippen molar-refractivity contribution in [3.8, 4) is 23.0 Å². The lowest BCUT2D eigenvalue weighted by Crippen LogP contribution is -2.15. The van der Waals surface area contributed by atoms with Gasteiger partial charge in [-0.1, -0.05) is 42.5 Å². The number of anilines is 2. The maximum Gasteiger partial charge on any atom is 0.255 e. The Bertz CT molecular complexity index is 1400. The average Bonchev–Trinajstić information content (AvgIpc) is 2.96. The predicted octanol–water partition coefficient (Wildman–Crippen LogP) is 7.78. The zero-order valence-corrected chi connectivity index (χ0v) is 20.3. The summed E-state index contributed by atoms with van der Waals surface area (Å²) in [5.74, 6) is 2.14. The molecule has 186 valence electrons. The van der Waals surface area contributed by atoms with Crippen molar-refractivity contribution in [2.45, 2.75) is 0 Å². The van der Waals surface area contributed by atoms with E-state index in [4.69, 9.17) is 9.47 Å². The molecule has 0 fully saturated rings. The number of ether oxygens (including phenoxy) is 2. The van der Waals surface area contributed by atoms with Gasteiger partial charge in [0.25, 0.3) is 11.8 Å². The van der Waals surface area contributed by atoms with Crippen molar-refractivity contribution in [3.05, 3.63) is 145 Å². The zero-order chi connectivity index (χ0) is 26.2. The van der Waals surface area contributed by atoms with Crippen LogP contribution in [0.1, 0.15) is 20.7 Å². The fraction of sp³-hybridized carbons (Fsp3) is 0. The summed E-state index contributed by atoms with van der Waals surface area (Å²) in [7, 11) is 0. The standard InChI is InChI=1S/C32H24N2O4/c35-31(33-25-14-18-29(19-15-25)37-27-10-3-1-4-11-27)23-8-7-9-24(22-23)32(36)34-26-16-20-30(21-17-26)38-28-12-5-2-6-13-28/h1-22H,(H,33,35)(H,34,36). The van der Waals surface area contributed by atoms with E-state index in [1.165, 1.54) is 0 Å². The summed E-state index contributed by atoms with van der Waals surface area (Å²) in [6.07, 6.45) is 0. The van der Waals surface area contributed by atoms with Crippen LogP contribution in [0.15, 0.2) is 133 Å². The van der Waals surface area contributed by atoms with Crippen molar-refractivity contribution in [2.75, 3.05) is 10.6 Å². The van der Waals surface area contributed by atoms with Crippen molar-refractivity contribution in [3.63, 3.8) is 0 Å². The largest absolute Gasteiger partial charge is 0.457 e. The summed E-state index contributed by atoms with van der Waals surface area (Å²) in [6, 6.07) is 39.6. The number of hydrogen-bond acceptors (Lipinski definition) is 4. The Balaban J connectivity index is 1.18. The van der Waals surface area contributed by atoms with E-state index in [0.29, 0.717) is 34.0 Å². The summed E-state index contributed by atoms with van der Waals surface area (Å²) in [4.78, 5) is 25.6. The third kappa shape index (κ3) is 6.44. The van der Waals surface area contributed by atoms with E-state index < -0.39 is 0 Å². The molecule has 2 amide bonds. The van der Waals surface area contributed by atoms with Gasteiger partial charge in [0.05, 0.1) is 0 Å². The summed E-state index contributed by atoms with van der Waals surface area (Å²) >= 11 is 0. The van der Waals surface area contributed by atoms with Gasteiger partial charge in [-0.15, -0.1) is 0 Å². The molecule has 0 heterocycles. The first-order valence-electron chi connectivity index (χ1n) is 12.0. The molecule has 6 nitrogen and oxygen atoms in total. The van der Waals surface area contributed by atoms with E-state index in [2.05, 4.69) is 10.6 Å². The highest BCUT2D eigenvalue weighted by atomic mass is 16.5. The molecule has 5 aromatic carbocycles. The SMILES string of the molecule is O=C(Nc1ccc(Oc2ccccc2)cc1)c1cccc(C(=O)Nc2ccc(Oc3ccccc3)cc2)c1. The van der Waals surface area contributed by atoms with Gasteiger partial charge < -0.3 is 20.1 Å². The summed E-state index contributed by atoms with van der Waals surface area (Å²) in [6.45, 7) is 0. The molecule has 0 saturated carbocycles. The molecule has 5 aromatic rings. The van der Waals surface area contributed by atoms with Crippen molar-refractivity contribution in [1.82, 2.24) is 0 Å². The lowest BCUT2D eigenvalue weighted by molar-refractivity contribution is 0.102. The minimum atomic E-state index is -0.321. The van der Waals surface area contributed by atoms with Crippen LogP contribution in [0.2, 0.25) is 0 Å². The number of benzene rings is 5. The quantitative estimate of drug-likeness (QED) is 0.228. The normalized spacial score (nSPS) is 10.3. The molecule has 0 radical (unpaired) electrons. The van der Waals surface area contributed by atoms with Crippen molar-refractivity contribution >= 4 is 23.2 Å². The molecule has 0 saturated heterocycles. The average molecular weight is 501 g/mol. The van der Waals surface area contributed by atoms with Crippen LogP contribution in [0.4, 0.5) is 11.4 Å². The number of carbonyl (C=O) groups is 2. The fourth-order valence-corrected chi connectivity index (χ4v) is 3.67. The Kier molecular flexibility index (Phi) is 7.42. The van der Waals surface area contributed by atoms with Gasteiger partial charge in [0.1, 0.15) is 23.0 Å². The topological polar surface area (TPSA) is 76.7 Å². The number of rotatable bonds is 8. The lowest BCUT2D eigenvalue weighted by Gasteiger charge is -2.10. The highest BCUT2D eigenvalue weighted by Gasteiger charge is 2.12. The molecule has 0 aromatic heterocycles. The van der Waals surface area contributed by atoms with Gasteiger partial charge in [0.2, 0.25) is 0 Å². The molecule has 0 aliphatic carbocycles. The highest BCUT2D eigenvalue weighted by Crippen LogP contribution is 2.24. The summed E-state index contributed by atoms with van der Waals surface area (Å²) < 4.78 is 11.6. The van der Waals surface area contributed by atoms with Crippen LogP contribution in [0.25, 0.3) is 0 Å². The Morgan fingerprint density at radius 3 is 1.18 bits per heavy atom. The van der Waals surface area contributed by atoms with Gasteiger partial charge in [-0.3, -0.25) is 9.59 Å². The van der Waals surface area contributed by atoms with Crippen LogP contribution in [-0.2, 0) is 0 Å². The molecule has 0 bridgehead atoms. The molecular formula is C32H24N2O4. The molecule has 2 N–H and O–H groups in total. The van der Waals surface area contributed by atoms with Crippen LogP contribution in [0, 0.1) is 0 Å². The monoisotopic (exact) mass is 500 g/mol. The maximum absolute atomic E-state index is 12.8. The van der Waals surface area contributed by atoms with Crippen molar-refractivity contribution in [2.24, 2.45) is 0 Å². The van der Waals surface area contributed by atoms with Crippen molar-refractivity contribution in [1.29, 1.82) is 0 Å². The highest BCUT2D eigenvalue weighted by molar-refractivity contribution is 6.08. The van der Waals surface area contributed by atoms with Crippen LogP contribution in [0.3, 0.4) is 0 Å². The molecule has 0 spiro atoms. The Labute approximate surface area is 220 Å². The first kappa shape index (κ1) is 24.3. The second-order valence-corrected chi connectivity index (χ2v) is 8.37.